The number of amides is 1. The number of rotatable bonds is 7. The van der Waals surface area contributed by atoms with Crippen LogP contribution in [0.15, 0.2) is 53.5 Å². The van der Waals surface area contributed by atoms with Crippen molar-refractivity contribution in [2.24, 2.45) is 0 Å². The highest BCUT2D eigenvalue weighted by atomic mass is 19.2. The Morgan fingerprint density at radius 3 is 2.67 bits per heavy atom. The second-order valence-electron chi connectivity index (χ2n) is 8.25. The Kier molecular flexibility index (Phi) is 7.72. The van der Waals surface area contributed by atoms with Crippen LogP contribution in [0.2, 0.25) is 0 Å². The van der Waals surface area contributed by atoms with Crippen LogP contribution in [0, 0.1) is 11.6 Å². The number of esters is 1. The molecule has 0 saturated carbocycles. The number of nitrogens with zero attached hydrogens (tertiary/aromatic N) is 3. The molecule has 188 valence electrons. The molecule has 0 N–H and O–H groups in total. The molecular weight excluding hydrogens is 472 g/mol. The number of carbonyl (C=O) groups is 2. The number of aromatic nitrogens is 2. The van der Waals surface area contributed by atoms with Crippen LogP contribution in [0.4, 0.5) is 8.78 Å². The van der Waals surface area contributed by atoms with Gasteiger partial charge in [0.1, 0.15) is 11.3 Å². The van der Waals surface area contributed by atoms with Gasteiger partial charge in [-0.1, -0.05) is 18.2 Å². The van der Waals surface area contributed by atoms with Crippen LogP contribution in [0.25, 0.3) is 0 Å². The Bertz CT molecular complexity index is 1330. The Morgan fingerprint density at radius 1 is 1.08 bits per heavy atom. The molecule has 0 spiro atoms. The molecule has 1 amide bonds. The van der Waals surface area contributed by atoms with Crippen LogP contribution in [0.5, 0.6) is 5.75 Å². The van der Waals surface area contributed by atoms with Crippen molar-refractivity contribution < 1.29 is 27.8 Å². The average Bonchev–Trinajstić information content (AvgIpc) is 3.11. The second-order valence-corrected chi connectivity index (χ2v) is 8.25. The summed E-state index contributed by atoms with van der Waals surface area (Å²) in [6.07, 6.45) is 1.99. The van der Waals surface area contributed by atoms with Crippen molar-refractivity contribution in [1.29, 1.82) is 0 Å². The van der Waals surface area contributed by atoms with Gasteiger partial charge in [-0.25, -0.2) is 13.6 Å². The Balaban J connectivity index is 1.55. The standard InChI is InChI=1S/C26H25F2N3O5/c1-35-26(34)24-20-8-11-30(22(32)15-17-5-4-7-19(27)25(17)28)12-13-31(20)23(33)16-21(24)36-14-9-18-6-2-3-10-29-18/h2-7,10,16H,8-9,11-15H2,1H3. The van der Waals surface area contributed by atoms with Crippen molar-refractivity contribution in [3.8, 4) is 5.75 Å². The highest BCUT2D eigenvalue weighted by Gasteiger charge is 2.28. The molecule has 0 bridgehead atoms. The van der Waals surface area contributed by atoms with Gasteiger partial charge in [0.05, 0.1) is 20.1 Å². The maximum atomic E-state index is 14.1. The summed E-state index contributed by atoms with van der Waals surface area (Å²) in [5, 5.41) is 0. The minimum atomic E-state index is -1.05. The Hall–Kier alpha value is -4.08. The monoisotopic (exact) mass is 497 g/mol. The molecule has 0 radical (unpaired) electrons. The maximum absolute atomic E-state index is 14.1. The van der Waals surface area contributed by atoms with Crippen molar-refractivity contribution in [3.05, 3.63) is 93.2 Å². The van der Waals surface area contributed by atoms with E-state index >= 15 is 0 Å². The molecule has 3 aromatic rings. The Labute approximate surface area is 206 Å². The predicted molar refractivity (Wildman–Crippen MR) is 126 cm³/mol. The first-order chi connectivity index (χ1) is 17.4. The molecule has 1 aromatic carbocycles. The summed E-state index contributed by atoms with van der Waals surface area (Å²) in [7, 11) is 1.24. The van der Waals surface area contributed by atoms with E-state index in [2.05, 4.69) is 4.98 Å². The highest BCUT2D eigenvalue weighted by Crippen LogP contribution is 2.24. The fourth-order valence-electron chi connectivity index (χ4n) is 4.21. The molecule has 0 atom stereocenters. The summed E-state index contributed by atoms with van der Waals surface area (Å²) in [5.74, 6) is -3.04. The van der Waals surface area contributed by atoms with Crippen LogP contribution in [0.3, 0.4) is 0 Å². The van der Waals surface area contributed by atoms with Gasteiger partial charge in [0.2, 0.25) is 5.91 Å². The molecule has 0 saturated heterocycles. The number of methoxy groups -OCH3 is 1. The van der Waals surface area contributed by atoms with Gasteiger partial charge in [-0.3, -0.25) is 14.6 Å². The number of pyridine rings is 2. The number of hydrogen-bond donors (Lipinski definition) is 0. The van der Waals surface area contributed by atoms with E-state index in [1.165, 1.54) is 34.8 Å². The number of ether oxygens (including phenoxy) is 2. The van der Waals surface area contributed by atoms with Crippen LogP contribution in [-0.4, -0.2) is 53.1 Å². The lowest BCUT2D eigenvalue weighted by molar-refractivity contribution is -0.130. The van der Waals surface area contributed by atoms with Crippen LogP contribution < -0.4 is 10.3 Å². The largest absolute Gasteiger partial charge is 0.492 e. The molecule has 3 heterocycles. The third-order valence-corrected chi connectivity index (χ3v) is 6.05. The minimum absolute atomic E-state index is 0.0437. The zero-order chi connectivity index (χ0) is 25.7. The topological polar surface area (TPSA) is 90.7 Å². The SMILES string of the molecule is COC(=O)c1c(OCCc2ccccn2)cc(=O)n2c1CCN(C(=O)Cc1cccc(F)c1F)CC2. The van der Waals surface area contributed by atoms with Crippen LogP contribution in [0.1, 0.15) is 27.3 Å². The van der Waals surface area contributed by atoms with Gasteiger partial charge < -0.3 is 18.9 Å². The lowest BCUT2D eigenvalue weighted by Crippen LogP contribution is -2.35. The molecule has 4 rings (SSSR count). The number of carbonyl (C=O) groups excluding carboxylic acids is 2. The minimum Gasteiger partial charge on any atom is -0.492 e. The van der Waals surface area contributed by atoms with E-state index in [4.69, 9.17) is 9.47 Å². The normalized spacial score (nSPS) is 13.0. The summed E-state index contributed by atoms with van der Waals surface area (Å²) in [5.41, 5.74) is 0.902. The lowest BCUT2D eigenvalue weighted by Gasteiger charge is -2.20. The van der Waals surface area contributed by atoms with E-state index in [1.54, 1.807) is 12.3 Å². The van der Waals surface area contributed by atoms with Gasteiger partial charge >= 0.3 is 5.97 Å². The lowest BCUT2D eigenvalue weighted by atomic mass is 10.1. The van der Waals surface area contributed by atoms with E-state index < -0.39 is 23.5 Å². The molecule has 36 heavy (non-hydrogen) atoms. The summed E-state index contributed by atoms with van der Waals surface area (Å²) in [4.78, 5) is 44.2. The van der Waals surface area contributed by atoms with Gasteiger partial charge in [-0.05, 0) is 18.2 Å². The van der Waals surface area contributed by atoms with Gasteiger partial charge in [-0.15, -0.1) is 0 Å². The zero-order valence-corrected chi connectivity index (χ0v) is 19.7. The van der Waals surface area contributed by atoms with Crippen molar-refractivity contribution in [3.63, 3.8) is 0 Å². The summed E-state index contributed by atoms with van der Waals surface area (Å²) in [6, 6.07) is 10.4. The highest BCUT2D eigenvalue weighted by molar-refractivity contribution is 5.93. The Morgan fingerprint density at radius 2 is 1.92 bits per heavy atom. The molecular formula is C26H25F2N3O5. The van der Waals surface area contributed by atoms with Crippen molar-refractivity contribution in [2.75, 3.05) is 26.8 Å². The van der Waals surface area contributed by atoms with Crippen molar-refractivity contribution >= 4 is 11.9 Å². The molecule has 0 unspecified atom stereocenters. The molecule has 10 heteroatoms. The zero-order valence-electron chi connectivity index (χ0n) is 19.7. The van der Waals surface area contributed by atoms with Crippen LogP contribution in [-0.2, 0) is 35.3 Å². The fourth-order valence-corrected chi connectivity index (χ4v) is 4.21. The fraction of sp³-hybridized carbons (Fsp3) is 0.308. The number of fused-ring (bicyclic) bond motifs is 1. The van der Waals surface area contributed by atoms with Gasteiger partial charge in [0.25, 0.3) is 5.56 Å². The third kappa shape index (κ3) is 5.42. The third-order valence-electron chi connectivity index (χ3n) is 6.05. The molecule has 0 aliphatic carbocycles. The summed E-state index contributed by atoms with van der Waals surface area (Å²) >= 11 is 0. The van der Waals surface area contributed by atoms with E-state index in [9.17, 15) is 23.2 Å². The predicted octanol–water partition coefficient (Wildman–Crippen LogP) is 2.56. The first-order valence-electron chi connectivity index (χ1n) is 11.5. The molecule has 2 aromatic heterocycles. The first-order valence-corrected chi connectivity index (χ1v) is 11.5. The molecule has 1 aliphatic heterocycles. The smallest absolute Gasteiger partial charge is 0.343 e. The number of benzene rings is 1. The van der Waals surface area contributed by atoms with Crippen molar-refractivity contribution in [2.45, 2.75) is 25.8 Å². The number of hydrogen-bond acceptors (Lipinski definition) is 6. The first kappa shape index (κ1) is 25.0. The van der Waals surface area contributed by atoms with Crippen molar-refractivity contribution in [1.82, 2.24) is 14.5 Å². The molecule has 8 nitrogen and oxygen atoms in total. The van der Waals surface area contributed by atoms with E-state index in [1.807, 2.05) is 12.1 Å². The maximum Gasteiger partial charge on any atom is 0.343 e. The van der Waals surface area contributed by atoms with Gasteiger partial charge in [0, 0.05) is 61.7 Å². The average molecular weight is 497 g/mol. The quantitative estimate of drug-likeness (QED) is 0.466. The van der Waals surface area contributed by atoms with Gasteiger partial charge in [-0.2, -0.15) is 0 Å². The second kappa shape index (κ2) is 11.1. The molecule has 0 fully saturated rings. The van der Waals surface area contributed by atoms with E-state index in [0.717, 1.165) is 11.8 Å². The van der Waals surface area contributed by atoms with Gasteiger partial charge in [0.15, 0.2) is 11.6 Å². The summed E-state index contributed by atoms with van der Waals surface area (Å²) in [6.45, 7) is 0.664. The summed E-state index contributed by atoms with van der Waals surface area (Å²) < 4.78 is 39.8. The van der Waals surface area contributed by atoms with Crippen LogP contribution >= 0.6 is 0 Å². The van der Waals surface area contributed by atoms with E-state index in [0.29, 0.717) is 12.1 Å². The van der Waals surface area contributed by atoms with E-state index in [-0.39, 0.29) is 61.5 Å². The molecule has 1 aliphatic rings. The number of halogens is 2.